The van der Waals surface area contributed by atoms with Gasteiger partial charge in [0.25, 0.3) is 0 Å². The highest BCUT2D eigenvalue weighted by Gasteiger charge is 2.05. The van der Waals surface area contributed by atoms with Gasteiger partial charge >= 0.3 is 0 Å². The number of anilines is 1. The molecular weight excluding hydrogens is 192 g/mol. The van der Waals surface area contributed by atoms with Crippen molar-refractivity contribution < 1.29 is 9.53 Å². The number of amides is 1. The number of nitrogens with one attached hydrogen (secondary N) is 1. The first-order valence-corrected chi connectivity index (χ1v) is 4.99. The quantitative estimate of drug-likeness (QED) is 0.768. The van der Waals surface area contributed by atoms with Crippen LogP contribution in [0.25, 0.3) is 0 Å². The molecule has 15 heavy (non-hydrogen) atoms. The molecule has 1 amide bonds. The van der Waals surface area contributed by atoms with E-state index in [2.05, 4.69) is 5.32 Å². The number of carbonyl (C=O) groups is 1. The minimum Gasteiger partial charge on any atom is -0.491 e. The van der Waals surface area contributed by atoms with E-state index in [4.69, 9.17) is 10.5 Å². The van der Waals surface area contributed by atoms with Gasteiger partial charge < -0.3 is 15.8 Å². The molecule has 0 heterocycles. The van der Waals surface area contributed by atoms with E-state index in [1.54, 1.807) is 6.07 Å². The predicted octanol–water partition coefficient (Wildman–Crippen LogP) is 1.37. The fourth-order valence-corrected chi connectivity index (χ4v) is 1.11. The molecule has 0 aliphatic carbocycles. The van der Waals surface area contributed by atoms with E-state index in [1.165, 1.54) is 0 Å². The molecule has 1 rings (SSSR count). The summed E-state index contributed by atoms with van der Waals surface area (Å²) in [7, 11) is 0. The van der Waals surface area contributed by atoms with E-state index in [0.29, 0.717) is 18.0 Å². The van der Waals surface area contributed by atoms with Crippen LogP contribution < -0.4 is 15.8 Å². The second-order valence-corrected chi connectivity index (χ2v) is 3.10. The van der Waals surface area contributed by atoms with E-state index in [1.807, 2.05) is 25.1 Å². The van der Waals surface area contributed by atoms with Crippen LogP contribution in [-0.2, 0) is 4.79 Å². The molecule has 0 unspecified atom stereocenters. The number of nitrogens with two attached hydrogens (primary N) is 1. The van der Waals surface area contributed by atoms with Gasteiger partial charge in [-0.2, -0.15) is 0 Å². The van der Waals surface area contributed by atoms with E-state index < -0.39 is 0 Å². The first-order chi connectivity index (χ1) is 7.27. The Bertz CT molecular complexity index is 326. The zero-order chi connectivity index (χ0) is 11.1. The van der Waals surface area contributed by atoms with Crippen LogP contribution in [0.15, 0.2) is 24.3 Å². The Labute approximate surface area is 89.4 Å². The summed E-state index contributed by atoms with van der Waals surface area (Å²) in [5.74, 6) is 0.462. The van der Waals surface area contributed by atoms with Gasteiger partial charge in [-0.1, -0.05) is 19.1 Å². The maximum absolute atomic E-state index is 11.1. The molecule has 4 heteroatoms. The first kappa shape index (κ1) is 11.5. The number of rotatable bonds is 5. The minimum atomic E-state index is -0.220. The molecule has 0 bridgehead atoms. The van der Waals surface area contributed by atoms with Gasteiger partial charge in [0, 0.05) is 0 Å². The Kier molecular flexibility index (Phi) is 4.63. The Hall–Kier alpha value is -1.55. The summed E-state index contributed by atoms with van der Waals surface area (Å²) < 4.78 is 5.48. The molecular formula is C11H16N2O2. The Balaban J connectivity index is 2.72. The maximum atomic E-state index is 11.1. The molecule has 0 aliphatic rings. The lowest BCUT2D eigenvalue weighted by Crippen LogP contribution is -2.22. The van der Waals surface area contributed by atoms with Crippen molar-refractivity contribution in [3.05, 3.63) is 24.3 Å². The molecule has 0 aromatic heterocycles. The highest BCUT2D eigenvalue weighted by atomic mass is 16.5. The van der Waals surface area contributed by atoms with Crippen LogP contribution >= 0.6 is 0 Å². The van der Waals surface area contributed by atoms with Crippen LogP contribution in [0.1, 0.15) is 13.3 Å². The molecule has 0 fully saturated rings. The van der Waals surface area contributed by atoms with Gasteiger partial charge in [-0.25, -0.2) is 0 Å². The average Bonchev–Trinajstić information content (AvgIpc) is 2.28. The van der Waals surface area contributed by atoms with Crippen molar-refractivity contribution in [2.45, 2.75) is 13.3 Å². The van der Waals surface area contributed by atoms with Crippen molar-refractivity contribution in [2.24, 2.45) is 5.73 Å². The topological polar surface area (TPSA) is 64.3 Å². The maximum Gasteiger partial charge on any atom is 0.238 e. The fourth-order valence-electron chi connectivity index (χ4n) is 1.11. The summed E-state index contributed by atoms with van der Waals surface area (Å²) in [6.07, 6.45) is 0.930. The second kappa shape index (κ2) is 6.03. The molecule has 82 valence electrons. The van der Waals surface area contributed by atoms with Gasteiger partial charge in [0.2, 0.25) is 5.91 Å². The van der Waals surface area contributed by atoms with Gasteiger partial charge in [-0.3, -0.25) is 4.79 Å². The number of para-hydroxylation sites is 2. The summed E-state index contributed by atoms with van der Waals surface area (Å²) in [4.78, 5) is 11.1. The van der Waals surface area contributed by atoms with E-state index in [-0.39, 0.29) is 12.5 Å². The molecule has 0 spiro atoms. The van der Waals surface area contributed by atoms with Crippen LogP contribution in [0.3, 0.4) is 0 Å². The van der Waals surface area contributed by atoms with Crippen LogP contribution in [0.2, 0.25) is 0 Å². The third-order valence-corrected chi connectivity index (χ3v) is 1.81. The fraction of sp³-hybridized carbons (Fsp3) is 0.364. The average molecular weight is 208 g/mol. The van der Waals surface area contributed by atoms with Crippen molar-refractivity contribution in [2.75, 3.05) is 18.5 Å². The standard InChI is InChI=1S/C11H16N2O2/c1-2-7-15-10-6-4-3-5-9(10)13-11(14)8-12/h3-6H,2,7-8,12H2,1H3,(H,13,14). The monoisotopic (exact) mass is 208 g/mol. The second-order valence-electron chi connectivity index (χ2n) is 3.10. The number of ether oxygens (including phenoxy) is 1. The van der Waals surface area contributed by atoms with Gasteiger partial charge in [0.1, 0.15) is 5.75 Å². The van der Waals surface area contributed by atoms with Crippen molar-refractivity contribution in [1.82, 2.24) is 0 Å². The van der Waals surface area contributed by atoms with E-state index in [0.717, 1.165) is 6.42 Å². The lowest BCUT2D eigenvalue weighted by molar-refractivity contribution is -0.114. The lowest BCUT2D eigenvalue weighted by Gasteiger charge is -2.10. The Morgan fingerprint density at radius 1 is 1.47 bits per heavy atom. The van der Waals surface area contributed by atoms with Gasteiger partial charge in [0.15, 0.2) is 0 Å². The number of carbonyl (C=O) groups excluding carboxylic acids is 1. The third kappa shape index (κ3) is 3.59. The molecule has 0 saturated carbocycles. The predicted molar refractivity (Wildman–Crippen MR) is 59.9 cm³/mol. The summed E-state index contributed by atoms with van der Waals surface area (Å²) in [5, 5.41) is 2.68. The zero-order valence-electron chi connectivity index (χ0n) is 8.82. The van der Waals surface area contributed by atoms with Crippen LogP contribution in [-0.4, -0.2) is 19.1 Å². The van der Waals surface area contributed by atoms with E-state index in [9.17, 15) is 4.79 Å². The van der Waals surface area contributed by atoms with E-state index >= 15 is 0 Å². The molecule has 0 saturated heterocycles. The van der Waals surface area contributed by atoms with Gasteiger partial charge in [0.05, 0.1) is 18.8 Å². The molecule has 0 atom stereocenters. The largest absolute Gasteiger partial charge is 0.491 e. The smallest absolute Gasteiger partial charge is 0.238 e. The molecule has 4 nitrogen and oxygen atoms in total. The molecule has 0 radical (unpaired) electrons. The van der Waals surface area contributed by atoms with Gasteiger partial charge in [-0.15, -0.1) is 0 Å². The number of hydrogen-bond donors (Lipinski definition) is 2. The number of benzene rings is 1. The van der Waals surface area contributed by atoms with Crippen molar-refractivity contribution >= 4 is 11.6 Å². The molecule has 0 aliphatic heterocycles. The first-order valence-electron chi connectivity index (χ1n) is 4.99. The molecule has 1 aromatic carbocycles. The minimum absolute atomic E-state index is 0.0257. The highest BCUT2D eigenvalue weighted by molar-refractivity contribution is 5.93. The van der Waals surface area contributed by atoms with Crippen molar-refractivity contribution in [1.29, 1.82) is 0 Å². The Morgan fingerprint density at radius 2 is 2.20 bits per heavy atom. The normalized spacial score (nSPS) is 9.73. The van der Waals surface area contributed by atoms with Crippen molar-refractivity contribution in [3.63, 3.8) is 0 Å². The molecule has 3 N–H and O–H groups in total. The number of hydrogen-bond acceptors (Lipinski definition) is 3. The third-order valence-electron chi connectivity index (χ3n) is 1.81. The summed E-state index contributed by atoms with van der Waals surface area (Å²) in [6, 6.07) is 7.31. The summed E-state index contributed by atoms with van der Waals surface area (Å²) in [5.41, 5.74) is 5.89. The van der Waals surface area contributed by atoms with Crippen LogP contribution in [0.4, 0.5) is 5.69 Å². The summed E-state index contributed by atoms with van der Waals surface area (Å²) >= 11 is 0. The zero-order valence-corrected chi connectivity index (χ0v) is 8.82. The highest BCUT2D eigenvalue weighted by Crippen LogP contribution is 2.23. The van der Waals surface area contributed by atoms with Crippen LogP contribution in [0.5, 0.6) is 5.75 Å². The Morgan fingerprint density at radius 3 is 2.87 bits per heavy atom. The summed E-state index contributed by atoms with van der Waals surface area (Å²) in [6.45, 7) is 2.64. The van der Waals surface area contributed by atoms with Crippen LogP contribution in [0, 0.1) is 0 Å². The van der Waals surface area contributed by atoms with Gasteiger partial charge in [-0.05, 0) is 18.6 Å². The van der Waals surface area contributed by atoms with Crippen molar-refractivity contribution in [3.8, 4) is 5.75 Å². The lowest BCUT2D eigenvalue weighted by atomic mass is 10.3. The SMILES string of the molecule is CCCOc1ccccc1NC(=O)CN. The molecule has 1 aromatic rings.